The second kappa shape index (κ2) is 5.53. The van der Waals surface area contributed by atoms with E-state index in [1.54, 1.807) is 4.44 Å². The van der Waals surface area contributed by atoms with Crippen molar-refractivity contribution in [1.29, 1.82) is 0 Å². The van der Waals surface area contributed by atoms with Gasteiger partial charge in [-0.15, -0.1) is 0 Å². The summed E-state index contributed by atoms with van der Waals surface area (Å²) in [4.78, 5) is 6.95. The van der Waals surface area contributed by atoms with Gasteiger partial charge in [0.15, 0.2) is 0 Å². The molecule has 0 saturated carbocycles. The van der Waals surface area contributed by atoms with E-state index < -0.39 is 0 Å². The first kappa shape index (κ1) is 13.0. The van der Waals surface area contributed by atoms with Gasteiger partial charge >= 0.3 is 136 Å². The van der Waals surface area contributed by atoms with Gasteiger partial charge < -0.3 is 0 Å². The quantitative estimate of drug-likeness (QED) is 0.430. The van der Waals surface area contributed by atoms with E-state index in [0.717, 1.165) is 0 Å². The minimum absolute atomic E-state index is 0.478. The SMILES string of the molecule is Brc1c[se]c(-c2[se]ccc2-c2ccc[se]2)c1Br. The Labute approximate surface area is 135 Å². The molecule has 3 aromatic heterocycles. The maximum absolute atomic E-state index is 3.71. The standard InChI is InChI=1S/C12H6Br2Se3/c13-8-6-17-12(10(8)14)11-7(3-5-16-11)9-2-1-4-15-9/h1-6H. The zero-order valence-corrected chi connectivity index (χ0v) is 16.8. The summed E-state index contributed by atoms with van der Waals surface area (Å²) in [6.07, 6.45) is 0. The van der Waals surface area contributed by atoms with Crippen LogP contribution in [0.2, 0.25) is 0 Å². The van der Waals surface area contributed by atoms with Crippen LogP contribution in [0.1, 0.15) is 0 Å². The van der Waals surface area contributed by atoms with Crippen LogP contribution in [0, 0.1) is 0 Å². The van der Waals surface area contributed by atoms with E-state index in [1.807, 2.05) is 0 Å². The van der Waals surface area contributed by atoms with E-state index >= 15 is 0 Å². The molecular weight excluding hydrogens is 541 g/mol. The Balaban J connectivity index is 2.17. The molecule has 86 valence electrons. The van der Waals surface area contributed by atoms with E-state index in [2.05, 4.69) is 64.9 Å². The fraction of sp³-hybridized carbons (Fsp3) is 0. The third kappa shape index (κ3) is 2.50. The molecule has 0 aliphatic rings. The summed E-state index contributed by atoms with van der Waals surface area (Å²) in [5.74, 6) is 0. The summed E-state index contributed by atoms with van der Waals surface area (Å²) >= 11 is 8.85. The van der Waals surface area contributed by atoms with Crippen LogP contribution in [-0.2, 0) is 0 Å². The van der Waals surface area contributed by atoms with E-state index in [9.17, 15) is 0 Å². The molecule has 0 fully saturated rings. The first-order valence-electron chi connectivity index (χ1n) is 4.81. The van der Waals surface area contributed by atoms with Crippen molar-refractivity contribution >= 4 is 75.4 Å². The molecule has 0 saturated heterocycles. The van der Waals surface area contributed by atoms with Gasteiger partial charge in [0.2, 0.25) is 0 Å². The van der Waals surface area contributed by atoms with Gasteiger partial charge in [-0.05, 0) is 0 Å². The van der Waals surface area contributed by atoms with Crippen LogP contribution >= 0.6 is 31.9 Å². The summed E-state index contributed by atoms with van der Waals surface area (Å²) in [6, 6.07) is 6.79. The van der Waals surface area contributed by atoms with Crippen LogP contribution < -0.4 is 0 Å². The predicted octanol–water partition coefficient (Wildman–Crippen LogP) is 3.72. The van der Waals surface area contributed by atoms with Gasteiger partial charge in [-0.1, -0.05) is 0 Å². The van der Waals surface area contributed by atoms with Crippen molar-refractivity contribution in [3.8, 4) is 18.9 Å². The van der Waals surface area contributed by atoms with Gasteiger partial charge in [0, 0.05) is 0 Å². The predicted molar refractivity (Wildman–Crippen MR) is 83.5 cm³/mol. The summed E-state index contributed by atoms with van der Waals surface area (Å²) in [5.41, 5.74) is 1.50. The monoisotopic (exact) mass is 548 g/mol. The topological polar surface area (TPSA) is 0 Å². The molecule has 0 aliphatic heterocycles. The third-order valence-electron chi connectivity index (χ3n) is 2.35. The van der Waals surface area contributed by atoms with Gasteiger partial charge in [-0.3, -0.25) is 0 Å². The fourth-order valence-corrected chi connectivity index (χ4v) is 10.4. The van der Waals surface area contributed by atoms with Crippen molar-refractivity contribution in [3.63, 3.8) is 0 Å². The van der Waals surface area contributed by atoms with Gasteiger partial charge in [0.25, 0.3) is 0 Å². The molecule has 5 heteroatoms. The molecule has 0 aromatic carbocycles. The molecule has 3 rings (SSSR count). The van der Waals surface area contributed by atoms with Crippen molar-refractivity contribution in [3.05, 3.63) is 42.0 Å². The average molecular weight is 547 g/mol. The Kier molecular flexibility index (Phi) is 4.21. The van der Waals surface area contributed by atoms with Crippen molar-refractivity contribution in [1.82, 2.24) is 0 Å². The molecule has 0 N–H and O–H groups in total. The maximum atomic E-state index is 3.71. The molecular formula is C12H6Br2Se3. The van der Waals surface area contributed by atoms with E-state index in [1.165, 1.54) is 23.4 Å². The summed E-state index contributed by atoms with van der Waals surface area (Å²) < 4.78 is 7.16. The molecule has 0 atom stereocenters. The molecule has 17 heavy (non-hydrogen) atoms. The second-order valence-electron chi connectivity index (χ2n) is 3.37. The van der Waals surface area contributed by atoms with Gasteiger partial charge in [0.05, 0.1) is 0 Å². The first-order valence-corrected chi connectivity index (χ1v) is 11.9. The zero-order chi connectivity index (χ0) is 11.8. The van der Waals surface area contributed by atoms with Gasteiger partial charge in [-0.2, -0.15) is 0 Å². The number of rotatable bonds is 2. The molecule has 3 aromatic rings. The third-order valence-corrected chi connectivity index (χ3v) is 12.2. The Bertz CT molecular complexity index is 635. The molecule has 0 bridgehead atoms. The average Bonchev–Trinajstić information content (AvgIpc) is 3.01. The van der Waals surface area contributed by atoms with Crippen LogP contribution in [-0.4, -0.2) is 43.5 Å². The fourth-order valence-electron chi connectivity index (χ4n) is 1.59. The zero-order valence-electron chi connectivity index (χ0n) is 8.44. The molecule has 0 amide bonds. The first-order chi connectivity index (χ1) is 8.27. The molecule has 0 radical (unpaired) electrons. The Morgan fingerprint density at radius 2 is 1.76 bits per heavy atom. The van der Waals surface area contributed by atoms with E-state index in [-0.39, 0.29) is 0 Å². The Morgan fingerprint density at radius 1 is 0.882 bits per heavy atom. The van der Waals surface area contributed by atoms with Crippen molar-refractivity contribution in [2.75, 3.05) is 0 Å². The van der Waals surface area contributed by atoms with Crippen molar-refractivity contribution in [2.24, 2.45) is 0 Å². The normalized spacial score (nSPS) is 10.9. The second-order valence-corrected chi connectivity index (χ2v) is 10.8. The van der Waals surface area contributed by atoms with Crippen LogP contribution in [0.15, 0.2) is 42.0 Å². The molecule has 0 aliphatic carbocycles. The van der Waals surface area contributed by atoms with Gasteiger partial charge in [0.1, 0.15) is 0 Å². The molecule has 0 nitrogen and oxygen atoms in total. The molecule has 3 heterocycles. The number of hydrogen-bond donors (Lipinski definition) is 0. The number of hydrogen-bond acceptors (Lipinski definition) is 0. The van der Waals surface area contributed by atoms with Crippen LogP contribution in [0.4, 0.5) is 0 Å². The van der Waals surface area contributed by atoms with Crippen molar-refractivity contribution in [2.45, 2.75) is 0 Å². The van der Waals surface area contributed by atoms with Crippen molar-refractivity contribution < 1.29 is 0 Å². The number of halogens is 2. The van der Waals surface area contributed by atoms with Crippen LogP contribution in [0.3, 0.4) is 0 Å². The Morgan fingerprint density at radius 3 is 2.41 bits per heavy atom. The van der Waals surface area contributed by atoms with Crippen LogP contribution in [0.5, 0.6) is 0 Å². The van der Waals surface area contributed by atoms with E-state index in [0.29, 0.717) is 43.5 Å². The minimum atomic E-state index is 0.478. The van der Waals surface area contributed by atoms with Gasteiger partial charge in [-0.25, -0.2) is 0 Å². The molecule has 0 spiro atoms. The summed E-state index contributed by atoms with van der Waals surface area (Å²) in [6.45, 7) is 0. The van der Waals surface area contributed by atoms with Crippen LogP contribution in [0.25, 0.3) is 18.9 Å². The summed E-state index contributed by atoms with van der Waals surface area (Å²) in [7, 11) is 0. The Hall–Kier alpha value is 0.958. The van der Waals surface area contributed by atoms with E-state index in [4.69, 9.17) is 0 Å². The summed E-state index contributed by atoms with van der Waals surface area (Å²) in [5, 5.41) is 0. The molecule has 0 unspecified atom stereocenters.